The predicted octanol–water partition coefficient (Wildman–Crippen LogP) is 2.14. The number of carbonyl (C=O) groups is 1. The molecule has 0 fully saturated rings. The molecule has 1 atom stereocenters. The van der Waals surface area contributed by atoms with Crippen LogP contribution in [0, 0.1) is 0 Å². The molecule has 0 aliphatic carbocycles. The lowest BCUT2D eigenvalue weighted by Crippen LogP contribution is -2.30. The second-order valence-corrected chi connectivity index (χ2v) is 7.62. The van der Waals surface area contributed by atoms with Crippen molar-refractivity contribution in [1.82, 2.24) is 4.98 Å². The maximum atomic E-state index is 11.2. The number of hydrogen-bond acceptors (Lipinski definition) is 6. The summed E-state index contributed by atoms with van der Waals surface area (Å²) in [4.78, 5) is 25.8. The molecule has 9 heteroatoms. The van der Waals surface area contributed by atoms with Gasteiger partial charge < -0.3 is 20.9 Å². The number of carbonyl (C=O) groups excluding carboxylic acids is 1. The zero-order chi connectivity index (χ0) is 20.3. The number of aliphatic imine (C=N–C) groups is 2. The van der Waals surface area contributed by atoms with Crippen LogP contribution in [0.1, 0.15) is 30.7 Å². The smallest absolute Gasteiger partial charge is 0.258 e. The lowest BCUT2D eigenvalue weighted by atomic mass is 10.1. The second kappa shape index (κ2) is 8.39. The molecule has 2 aromatic rings. The maximum Gasteiger partial charge on any atom is 0.258 e. The van der Waals surface area contributed by atoms with E-state index in [1.807, 2.05) is 19.9 Å². The van der Waals surface area contributed by atoms with Gasteiger partial charge in [-0.25, -0.2) is 9.98 Å². The molecule has 1 aliphatic heterocycles. The van der Waals surface area contributed by atoms with E-state index in [-0.39, 0.29) is 6.04 Å². The van der Waals surface area contributed by atoms with Gasteiger partial charge in [-0.1, -0.05) is 0 Å². The van der Waals surface area contributed by atoms with E-state index >= 15 is 0 Å². The van der Waals surface area contributed by atoms with E-state index < -0.39 is 12.0 Å². The molecule has 4 N–H and O–H groups in total. The molecule has 1 aromatic carbocycles. The number of nitrogens with zero attached hydrogens (tertiary/aromatic N) is 3. The van der Waals surface area contributed by atoms with Gasteiger partial charge in [0.05, 0.1) is 18.6 Å². The zero-order valence-electron chi connectivity index (χ0n) is 16.0. The molecule has 0 radical (unpaired) electrons. The van der Waals surface area contributed by atoms with Crippen LogP contribution in [0.2, 0.25) is 0 Å². The SMILES string of the molecule is CC(C)N=C(N=CN)c1nc2c(s1)CCOc1cc(O[C@H](C)C(N)=O)ccc1-2. The van der Waals surface area contributed by atoms with Crippen molar-refractivity contribution in [2.75, 3.05) is 6.61 Å². The van der Waals surface area contributed by atoms with Crippen LogP contribution in [0.3, 0.4) is 0 Å². The third-order valence-electron chi connectivity index (χ3n) is 3.97. The van der Waals surface area contributed by atoms with Gasteiger partial charge in [-0.05, 0) is 32.9 Å². The topological polar surface area (TPSA) is 125 Å². The Morgan fingerprint density at radius 2 is 2.18 bits per heavy atom. The number of hydrogen-bond donors (Lipinski definition) is 2. The lowest BCUT2D eigenvalue weighted by Gasteiger charge is -2.13. The highest BCUT2D eigenvalue weighted by atomic mass is 32.1. The molecule has 2 heterocycles. The van der Waals surface area contributed by atoms with Crippen molar-refractivity contribution < 1.29 is 14.3 Å². The summed E-state index contributed by atoms with van der Waals surface area (Å²) in [5, 5.41) is 0.718. The van der Waals surface area contributed by atoms with Crippen LogP contribution in [0.15, 0.2) is 28.2 Å². The minimum atomic E-state index is -0.728. The monoisotopic (exact) mass is 401 g/mol. The van der Waals surface area contributed by atoms with Gasteiger partial charge >= 0.3 is 0 Å². The largest absolute Gasteiger partial charge is 0.492 e. The number of rotatable bonds is 5. The van der Waals surface area contributed by atoms with Gasteiger partial charge in [-0.3, -0.25) is 9.79 Å². The fourth-order valence-corrected chi connectivity index (χ4v) is 3.70. The molecule has 1 aliphatic rings. The molecule has 0 saturated heterocycles. The highest BCUT2D eigenvalue weighted by Crippen LogP contribution is 2.39. The first-order chi connectivity index (χ1) is 13.4. The van der Waals surface area contributed by atoms with Gasteiger partial charge in [-0.2, -0.15) is 0 Å². The van der Waals surface area contributed by atoms with Gasteiger partial charge in [0, 0.05) is 29.0 Å². The summed E-state index contributed by atoms with van der Waals surface area (Å²) < 4.78 is 11.4. The maximum absolute atomic E-state index is 11.2. The van der Waals surface area contributed by atoms with Crippen LogP contribution in [-0.2, 0) is 11.2 Å². The van der Waals surface area contributed by atoms with Crippen LogP contribution in [0.25, 0.3) is 11.3 Å². The summed E-state index contributed by atoms with van der Waals surface area (Å²) in [6.45, 7) is 6.06. The van der Waals surface area contributed by atoms with Crippen molar-refractivity contribution in [3.8, 4) is 22.8 Å². The Morgan fingerprint density at radius 1 is 1.39 bits per heavy atom. The normalized spacial score (nSPS) is 14.9. The van der Waals surface area contributed by atoms with Crippen molar-refractivity contribution in [2.45, 2.75) is 39.3 Å². The highest BCUT2D eigenvalue weighted by molar-refractivity contribution is 7.14. The standard InChI is InChI=1S/C19H23N5O3S/c1-10(2)23-18(22-9-20)19-24-16-13-5-4-12(27-11(3)17(21)25)8-14(13)26-7-6-15(16)28-19/h4-5,8-11H,6-7H2,1-3H3,(H2,21,25)(H2,20,22,23)/t11-/m1/s1. The van der Waals surface area contributed by atoms with Crippen LogP contribution in [-0.4, -0.2) is 41.8 Å². The fourth-order valence-electron chi connectivity index (χ4n) is 2.69. The molecule has 8 nitrogen and oxygen atoms in total. The van der Waals surface area contributed by atoms with Crippen LogP contribution in [0.4, 0.5) is 0 Å². The third-order valence-corrected chi connectivity index (χ3v) is 5.09. The molecule has 28 heavy (non-hydrogen) atoms. The van der Waals surface area contributed by atoms with Gasteiger partial charge in [0.1, 0.15) is 11.5 Å². The van der Waals surface area contributed by atoms with Crippen molar-refractivity contribution >= 4 is 29.4 Å². The van der Waals surface area contributed by atoms with Crippen LogP contribution < -0.4 is 20.9 Å². The Bertz CT molecular complexity index is 936. The first-order valence-electron chi connectivity index (χ1n) is 8.94. The summed E-state index contributed by atoms with van der Waals surface area (Å²) in [6.07, 6.45) is 1.22. The molecular weight excluding hydrogens is 378 g/mol. The number of thiazole rings is 1. The first-order valence-corrected chi connectivity index (χ1v) is 9.76. The Kier molecular flexibility index (Phi) is 5.93. The highest BCUT2D eigenvalue weighted by Gasteiger charge is 2.23. The summed E-state index contributed by atoms with van der Waals surface area (Å²) in [5.74, 6) is 1.15. The summed E-state index contributed by atoms with van der Waals surface area (Å²) >= 11 is 1.54. The second-order valence-electron chi connectivity index (χ2n) is 6.53. The Morgan fingerprint density at radius 3 is 2.86 bits per heavy atom. The van der Waals surface area contributed by atoms with Gasteiger partial charge in [0.25, 0.3) is 5.91 Å². The number of primary amides is 1. The summed E-state index contributed by atoms with van der Waals surface area (Å²) in [5.41, 5.74) is 12.4. The van der Waals surface area contributed by atoms with E-state index in [0.29, 0.717) is 23.9 Å². The van der Waals surface area contributed by atoms with Crippen LogP contribution in [0.5, 0.6) is 11.5 Å². The molecule has 0 bridgehead atoms. The molecule has 1 aromatic heterocycles. The first kappa shape index (κ1) is 19.8. The minimum Gasteiger partial charge on any atom is -0.492 e. The Labute approximate surface area is 167 Å². The van der Waals surface area contributed by atoms with Crippen LogP contribution >= 0.6 is 11.3 Å². The van der Waals surface area contributed by atoms with E-state index in [9.17, 15) is 4.79 Å². The van der Waals surface area contributed by atoms with Crippen molar-refractivity contribution in [3.05, 3.63) is 28.1 Å². The van der Waals surface area contributed by atoms with Crippen molar-refractivity contribution in [1.29, 1.82) is 0 Å². The van der Waals surface area contributed by atoms with Crippen molar-refractivity contribution in [2.24, 2.45) is 21.5 Å². The summed E-state index contributed by atoms with van der Waals surface area (Å²) in [6, 6.07) is 5.48. The predicted molar refractivity (Wildman–Crippen MR) is 110 cm³/mol. The van der Waals surface area contributed by atoms with Gasteiger partial charge in [0.2, 0.25) is 0 Å². The van der Waals surface area contributed by atoms with Gasteiger partial charge in [-0.15, -0.1) is 11.3 Å². The average Bonchev–Trinajstić information content (AvgIpc) is 2.98. The minimum absolute atomic E-state index is 0.0741. The van der Waals surface area contributed by atoms with Crippen molar-refractivity contribution in [3.63, 3.8) is 0 Å². The fraction of sp³-hybridized carbons (Fsp3) is 0.368. The quantitative estimate of drug-likeness (QED) is 0.586. The molecule has 3 rings (SSSR count). The average molecular weight is 401 g/mol. The zero-order valence-corrected chi connectivity index (χ0v) is 16.8. The number of fused-ring (bicyclic) bond motifs is 3. The summed E-state index contributed by atoms with van der Waals surface area (Å²) in [7, 11) is 0. The van der Waals surface area contributed by atoms with E-state index in [0.717, 1.165) is 27.6 Å². The van der Waals surface area contributed by atoms with E-state index in [2.05, 4.69) is 9.98 Å². The molecule has 1 amide bonds. The number of ether oxygens (including phenoxy) is 2. The number of aromatic nitrogens is 1. The number of nitrogens with two attached hydrogens (primary N) is 2. The Hall–Kier alpha value is -2.94. The molecular formula is C19H23N5O3S. The molecule has 148 valence electrons. The van der Waals surface area contributed by atoms with E-state index in [4.69, 9.17) is 25.9 Å². The third kappa shape index (κ3) is 4.30. The number of benzene rings is 1. The Balaban J connectivity index is 1.99. The lowest BCUT2D eigenvalue weighted by molar-refractivity contribution is -0.123. The van der Waals surface area contributed by atoms with E-state index in [1.54, 1.807) is 19.1 Å². The van der Waals surface area contributed by atoms with E-state index in [1.165, 1.54) is 17.7 Å². The molecule has 0 unspecified atom stereocenters. The van der Waals surface area contributed by atoms with Gasteiger partial charge in [0.15, 0.2) is 16.9 Å². The molecule has 0 spiro atoms. The molecule has 0 saturated carbocycles. The number of amidine groups is 1. The number of amides is 1.